The molecule has 0 atom stereocenters. The Morgan fingerprint density at radius 3 is 2.56 bits per heavy atom. The van der Waals surface area contributed by atoms with E-state index in [0.29, 0.717) is 26.5 Å². The Morgan fingerprint density at radius 2 is 1.88 bits per heavy atom. The van der Waals surface area contributed by atoms with Gasteiger partial charge in [0, 0.05) is 6.42 Å². The molecule has 2 aromatic heterocycles. The molecule has 0 bridgehead atoms. The van der Waals surface area contributed by atoms with Crippen LogP contribution in [0.25, 0.3) is 16.6 Å². The molecule has 0 unspecified atom stereocenters. The second kappa shape index (κ2) is 8.78. The van der Waals surface area contributed by atoms with Gasteiger partial charge in [-0.05, 0) is 54.4 Å². The molecule has 0 saturated heterocycles. The number of carbonyl (C=O) groups excluding carboxylic acids is 1. The van der Waals surface area contributed by atoms with Crippen molar-refractivity contribution in [3.63, 3.8) is 0 Å². The van der Waals surface area contributed by atoms with Gasteiger partial charge in [-0.3, -0.25) is 14.2 Å². The van der Waals surface area contributed by atoms with Crippen LogP contribution in [0, 0.1) is 6.92 Å². The fourth-order valence-electron chi connectivity index (χ4n) is 3.29. The first-order valence-corrected chi connectivity index (χ1v) is 12.6. The molecule has 32 heavy (non-hydrogen) atoms. The first-order valence-electron chi connectivity index (χ1n) is 9.41. The second-order valence-corrected chi connectivity index (χ2v) is 11.6. The lowest BCUT2D eigenvalue weighted by Crippen LogP contribution is -2.19. The molecule has 0 aliphatic rings. The lowest BCUT2D eigenvalue weighted by molar-refractivity contribution is -0.116. The van der Waals surface area contributed by atoms with Gasteiger partial charge in [0.05, 0.1) is 25.9 Å². The van der Waals surface area contributed by atoms with Gasteiger partial charge in [0.15, 0.2) is 15.6 Å². The van der Waals surface area contributed by atoms with Crippen molar-refractivity contribution in [3.8, 4) is 5.69 Å². The van der Waals surface area contributed by atoms with Crippen LogP contribution in [0.1, 0.15) is 11.1 Å². The third-order valence-corrected chi connectivity index (χ3v) is 8.59. The number of benzene rings is 2. The number of sulfone groups is 1. The highest BCUT2D eigenvalue weighted by Crippen LogP contribution is 2.27. The molecular formula is C22H16Cl2N2O4S2. The maximum atomic E-state index is 12.9. The molecular weight excluding hydrogens is 491 g/mol. The summed E-state index contributed by atoms with van der Waals surface area (Å²) < 4.78 is 26.5. The van der Waals surface area contributed by atoms with Crippen LogP contribution in [0.4, 0.5) is 0 Å². The predicted molar refractivity (Wildman–Crippen MR) is 127 cm³/mol. The molecule has 4 aromatic rings. The molecule has 0 amide bonds. The fourth-order valence-corrected chi connectivity index (χ4v) is 6.39. The van der Waals surface area contributed by atoms with Crippen LogP contribution in [-0.4, -0.2) is 29.5 Å². The molecule has 6 nitrogen and oxygen atoms in total. The summed E-state index contributed by atoms with van der Waals surface area (Å²) in [4.78, 5) is 29.6. The molecule has 10 heteroatoms. The molecule has 2 aromatic carbocycles. The van der Waals surface area contributed by atoms with E-state index in [1.165, 1.54) is 23.0 Å². The highest BCUT2D eigenvalue weighted by molar-refractivity contribution is 7.94. The molecule has 0 saturated carbocycles. The molecule has 2 heterocycles. The second-order valence-electron chi connectivity index (χ2n) is 7.26. The van der Waals surface area contributed by atoms with E-state index >= 15 is 0 Å². The number of fused-ring (bicyclic) bond motifs is 1. The lowest BCUT2D eigenvalue weighted by atomic mass is 10.1. The average molecular weight is 507 g/mol. The van der Waals surface area contributed by atoms with Crippen LogP contribution < -0.4 is 5.56 Å². The number of hydrogen-bond donors (Lipinski definition) is 0. The van der Waals surface area contributed by atoms with Crippen molar-refractivity contribution in [3.05, 3.63) is 85.7 Å². The zero-order valence-electron chi connectivity index (χ0n) is 16.7. The topological polar surface area (TPSA) is 86.1 Å². The number of Topliss-reactive ketones (excluding diaryl/α,β-unsaturated/α-hetero) is 1. The van der Waals surface area contributed by atoms with Crippen molar-refractivity contribution in [2.75, 3.05) is 5.75 Å². The quantitative estimate of drug-likeness (QED) is 0.379. The Hall–Kier alpha value is -2.52. The van der Waals surface area contributed by atoms with Gasteiger partial charge < -0.3 is 0 Å². The van der Waals surface area contributed by atoms with E-state index in [-0.39, 0.29) is 21.2 Å². The van der Waals surface area contributed by atoms with Crippen molar-refractivity contribution in [1.29, 1.82) is 0 Å². The van der Waals surface area contributed by atoms with E-state index in [2.05, 4.69) is 4.98 Å². The minimum atomic E-state index is -3.75. The van der Waals surface area contributed by atoms with Gasteiger partial charge in [0.1, 0.15) is 16.3 Å². The first kappa shape index (κ1) is 22.7. The van der Waals surface area contributed by atoms with Gasteiger partial charge in [-0.2, -0.15) is 0 Å². The van der Waals surface area contributed by atoms with E-state index in [1.54, 1.807) is 24.3 Å². The Bertz CT molecular complexity index is 1520. The summed E-state index contributed by atoms with van der Waals surface area (Å²) in [7, 11) is -3.75. The van der Waals surface area contributed by atoms with Crippen LogP contribution in [0.2, 0.25) is 9.36 Å². The van der Waals surface area contributed by atoms with Gasteiger partial charge in [0.25, 0.3) is 5.56 Å². The molecule has 0 spiro atoms. The van der Waals surface area contributed by atoms with Gasteiger partial charge in [-0.15, -0.1) is 11.3 Å². The zero-order valence-corrected chi connectivity index (χ0v) is 19.9. The summed E-state index contributed by atoms with van der Waals surface area (Å²) in [6.45, 7) is 1.92. The van der Waals surface area contributed by atoms with Gasteiger partial charge in [-0.25, -0.2) is 13.4 Å². The van der Waals surface area contributed by atoms with Crippen molar-refractivity contribution in [2.45, 2.75) is 17.6 Å². The number of thiophene rings is 1. The van der Waals surface area contributed by atoms with Crippen molar-refractivity contribution in [2.24, 2.45) is 0 Å². The molecule has 0 aliphatic carbocycles. The normalized spacial score (nSPS) is 11.7. The summed E-state index contributed by atoms with van der Waals surface area (Å²) in [5.41, 5.74) is 2.29. The third-order valence-electron chi connectivity index (χ3n) is 4.79. The van der Waals surface area contributed by atoms with E-state index in [1.807, 2.05) is 19.1 Å². The first-order chi connectivity index (χ1) is 15.1. The van der Waals surface area contributed by atoms with Crippen molar-refractivity contribution >= 4 is 61.1 Å². The number of ketones is 1. The number of rotatable bonds is 6. The van der Waals surface area contributed by atoms with Gasteiger partial charge >= 0.3 is 0 Å². The zero-order chi connectivity index (χ0) is 23.0. The van der Waals surface area contributed by atoms with Crippen molar-refractivity contribution in [1.82, 2.24) is 9.55 Å². The maximum absolute atomic E-state index is 12.9. The minimum Gasteiger partial charge on any atom is -0.298 e. The maximum Gasteiger partial charge on any atom is 0.265 e. The monoisotopic (exact) mass is 506 g/mol. The van der Waals surface area contributed by atoms with Crippen molar-refractivity contribution < 1.29 is 13.2 Å². The highest BCUT2D eigenvalue weighted by Gasteiger charge is 2.21. The van der Waals surface area contributed by atoms with Crippen LogP contribution in [0.5, 0.6) is 0 Å². The summed E-state index contributed by atoms with van der Waals surface area (Å²) >= 11 is 13.1. The lowest BCUT2D eigenvalue weighted by Gasteiger charge is -2.10. The van der Waals surface area contributed by atoms with Crippen LogP contribution in [0.3, 0.4) is 0 Å². The third kappa shape index (κ3) is 4.63. The molecule has 0 fully saturated rings. The van der Waals surface area contributed by atoms with Gasteiger partial charge in [0.2, 0.25) is 0 Å². The summed E-state index contributed by atoms with van der Waals surface area (Å²) in [6, 6.07) is 13.1. The van der Waals surface area contributed by atoms with Crippen LogP contribution >= 0.6 is 34.5 Å². The van der Waals surface area contributed by atoms with Gasteiger partial charge in [-0.1, -0.05) is 35.3 Å². The van der Waals surface area contributed by atoms with E-state index in [4.69, 9.17) is 23.2 Å². The Labute approximate surface area is 198 Å². The van der Waals surface area contributed by atoms with E-state index in [9.17, 15) is 18.0 Å². The number of nitrogens with zero attached hydrogens (tertiary/aromatic N) is 2. The fraction of sp³-hybridized carbons (Fsp3) is 0.136. The van der Waals surface area contributed by atoms with Crippen LogP contribution in [0.15, 0.2) is 63.9 Å². The molecule has 164 valence electrons. The number of aryl methyl sites for hydroxylation is 1. The van der Waals surface area contributed by atoms with E-state index < -0.39 is 21.4 Å². The molecule has 0 aliphatic heterocycles. The average Bonchev–Trinajstić information content (AvgIpc) is 3.16. The van der Waals surface area contributed by atoms with E-state index in [0.717, 1.165) is 16.9 Å². The summed E-state index contributed by atoms with van der Waals surface area (Å²) in [5, 5.41) is 0.714. The number of aromatic nitrogens is 2. The number of halogens is 2. The SMILES string of the molecule is Cc1ccc2c(=O)n(-c3ccc(CC(=O)CS(=O)(=O)c4ccc(Cl)s4)cc3Cl)cnc2c1. The molecule has 0 radical (unpaired) electrons. The highest BCUT2D eigenvalue weighted by atomic mass is 35.5. The largest absolute Gasteiger partial charge is 0.298 e. The Kier molecular flexibility index (Phi) is 6.22. The molecule has 4 rings (SSSR count). The minimum absolute atomic E-state index is 0.0580. The summed E-state index contributed by atoms with van der Waals surface area (Å²) in [6.07, 6.45) is 1.30. The van der Waals surface area contributed by atoms with Crippen LogP contribution in [-0.2, 0) is 21.1 Å². The predicted octanol–water partition coefficient (Wildman–Crippen LogP) is 4.65. The number of hydrogen-bond acceptors (Lipinski definition) is 6. The number of carbonyl (C=O) groups is 1. The Balaban J connectivity index is 1.57. The summed E-state index contributed by atoms with van der Waals surface area (Å²) in [5.74, 6) is -1.10. The Morgan fingerprint density at radius 1 is 1.09 bits per heavy atom. The smallest absolute Gasteiger partial charge is 0.265 e. The molecule has 0 N–H and O–H groups in total. The standard InChI is InChI=1S/C22H16Cl2N2O4S2/c1-13-2-4-16-18(8-13)25-12-26(22(16)28)19-5-3-14(10-17(19)23)9-15(27)11-32(29,30)21-7-6-20(24)31-21/h2-8,10,12H,9,11H2,1H3.